The van der Waals surface area contributed by atoms with Crippen molar-refractivity contribution in [2.24, 2.45) is 4.99 Å². The van der Waals surface area contributed by atoms with Gasteiger partial charge in [-0.3, -0.25) is 4.99 Å². The number of hydrogen-bond donors (Lipinski definition) is 1. The number of benzene rings is 2. The van der Waals surface area contributed by atoms with Gasteiger partial charge >= 0.3 is 0 Å². The normalized spacial score (nSPS) is 15.1. The second-order valence-corrected chi connectivity index (χ2v) is 5.42. The maximum absolute atomic E-state index is 4.47. The zero-order chi connectivity index (χ0) is 15.5. The molecule has 23 heavy (non-hydrogen) atoms. The fraction of sp³-hybridized carbons (Fsp3) is 0. The summed E-state index contributed by atoms with van der Waals surface area (Å²) in [6.45, 7) is 0. The van der Waals surface area contributed by atoms with Gasteiger partial charge in [-0.15, -0.1) is 0 Å². The zero-order valence-corrected chi connectivity index (χ0v) is 12.6. The van der Waals surface area contributed by atoms with Crippen LogP contribution in [0.3, 0.4) is 0 Å². The summed E-state index contributed by atoms with van der Waals surface area (Å²) in [5, 5.41) is 0. The number of hydrogen-bond acceptors (Lipinski definition) is 1. The molecule has 0 saturated carbocycles. The van der Waals surface area contributed by atoms with Crippen LogP contribution in [-0.4, -0.2) is 11.2 Å². The molecule has 110 valence electrons. The molecule has 2 heterocycles. The molecule has 1 aliphatic heterocycles. The molecule has 0 saturated heterocycles. The minimum atomic E-state index is 0.986. The quantitative estimate of drug-likeness (QED) is 0.698. The smallest absolute Gasteiger partial charge is 0.0729 e. The summed E-state index contributed by atoms with van der Waals surface area (Å²) in [7, 11) is 0. The third kappa shape index (κ3) is 2.67. The van der Waals surface area contributed by atoms with Crippen molar-refractivity contribution < 1.29 is 0 Å². The van der Waals surface area contributed by atoms with Crippen LogP contribution in [0.1, 0.15) is 11.3 Å². The first-order valence-electron chi connectivity index (χ1n) is 7.66. The van der Waals surface area contributed by atoms with E-state index in [-0.39, 0.29) is 0 Å². The lowest BCUT2D eigenvalue weighted by molar-refractivity contribution is 1.32. The minimum absolute atomic E-state index is 0.986. The number of H-pyrrole nitrogens is 1. The first kappa shape index (κ1) is 13.5. The number of nitrogens with zero attached hydrogens (tertiary/aromatic N) is 1. The Bertz CT molecular complexity index is 867. The lowest BCUT2D eigenvalue weighted by atomic mass is 9.97. The van der Waals surface area contributed by atoms with Crippen LogP contribution in [0.15, 0.2) is 95.8 Å². The van der Waals surface area contributed by atoms with Gasteiger partial charge in [-0.2, -0.15) is 0 Å². The predicted molar refractivity (Wildman–Crippen MR) is 96.3 cm³/mol. The zero-order valence-electron chi connectivity index (χ0n) is 12.6. The number of aromatic amines is 1. The second kappa shape index (κ2) is 5.93. The lowest BCUT2D eigenvalue weighted by Gasteiger charge is -2.10. The molecule has 0 unspecified atom stereocenters. The van der Waals surface area contributed by atoms with E-state index in [1.165, 1.54) is 11.1 Å². The Morgan fingerprint density at radius 1 is 0.783 bits per heavy atom. The molecule has 2 aromatic carbocycles. The van der Waals surface area contributed by atoms with E-state index in [4.69, 9.17) is 0 Å². The van der Waals surface area contributed by atoms with Crippen LogP contribution < -0.4 is 0 Å². The van der Waals surface area contributed by atoms with E-state index in [9.17, 15) is 0 Å². The molecule has 0 fully saturated rings. The van der Waals surface area contributed by atoms with Crippen molar-refractivity contribution in [2.45, 2.75) is 0 Å². The molecule has 4 rings (SSSR count). The third-order valence-corrected chi connectivity index (χ3v) is 3.96. The van der Waals surface area contributed by atoms with Crippen molar-refractivity contribution in [3.05, 3.63) is 102 Å². The van der Waals surface area contributed by atoms with E-state index in [1.54, 1.807) is 0 Å². The summed E-state index contributed by atoms with van der Waals surface area (Å²) < 4.78 is 0. The molecule has 0 amide bonds. The van der Waals surface area contributed by atoms with Gasteiger partial charge in [-0.25, -0.2) is 0 Å². The Kier molecular flexibility index (Phi) is 3.49. The van der Waals surface area contributed by atoms with Crippen LogP contribution in [0, 0.1) is 0 Å². The van der Waals surface area contributed by atoms with Gasteiger partial charge in [0.15, 0.2) is 0 Å². The standard InChI is InChI=1S/C21H16N2/c1-2-6-16(7-3-1)17-10-12-18(13-11-17)21(19-8-4-14-22-19)20-9-5-15-23-20/h1-15,22H/b21-20-. The predicted octanol–water partition coefficient (Wildman–Crippen LogP) is 5.08. The van der Waals surface area contributed by atoms with E-state index in [2.05, 4.69) is 64.6 Å². The van der Waals surface area contributed by atoms with Gasteiger partial charge in [0, 0.05) is 23.7 Å². The summed E-state index contributed by atoms with van der Waals surface area (Å²) in [6.07, 6.45) is 7.78. The number of rotatable bonds is 3. The molecule has 2 nitrogen and oxygen atoms in total. The Morgan fingerprint density at radius 3 is 2.22 bits per heavy atom. The van der Waals surface area contributed by atoms with Crippen molar-refractivity contribution in [2.75, 3.05) is 0 Å². The van der Waals surface area contributed by atoms with E-state index in [0.717, 1.165) is 22.5 Å². The molecule has 0 bridgehead atoms. The Labute approximate surface area is 135 Å². The van der Waals surface area contributed by atoms with Gasteiger partial charge in [-0.05, 0) is 41.0 Å². The lowest BCUT2D eigenvalue weighted by Crippen LogP contribution is -1.92. The number of aromatic nitrogens is 1. The monoisotopic (exact) mass is 296 g/mol. The van der Waals surface area contributed by atoms with Gasteiger partial charge in [0.1, 0.15) is 0 Å². The Morgan fingerprint density at radius 2 is 1.57 bits per heavy atom. The maximum atomic E-state index is 4.47. The highest BCUT2D eigenvalue weighted by molar-refractivity contribution is 5.88. The topological polar surface area (TPSA) is 28.1 Å². The third-order valence-electron chi connectivity index (χ3n) is 3.96. The van der Waals surface area contributed by atoms with Crippen LogP contribution in [-0.2, 0) is 0 Å². The molecule has 1 N–H and O–H groups in total. The first-order valence-corrected chi connectivity index (χ1v) is 7.66. The van der Waals surface area contributed by atoms with Crippen molar-refractivity contribution >= 4 is 11.8 Å². The second-order valence-electron chi connectivity index (χ2n) is 5.42. The van der Waals surface area contributed by atoms with Gasteiger partial charge in [-0.1, -0.05) is 54.6 Å². The van der Waals surface area contributed by atoms with Crippen LogP contribution in [0.4, 0.5) is 0 Å². The van der Waals surface area contributed by atoms with E-state index >= 15 is 0 Å². The van der Waals surface area contributed by atoms with Crippen LogP contribution >= 0.6 is 0 Å². The van der Waals surface area contributed by atoms with Crippen molar-refractivity contribution in [3.8, 4) is 11.1 Å². The summed E-state index contributed by atoms with van der Waals surface area (Å²) in [5.41, 5.74) is 6.80. The van der Waals surface area contributed by atoms with Gasteiger partial charge in [0.2, 0.25) is 0 Å². The SMILES string of the molecule is C1=C/C(=C(\c2ccc(-c3ccccc3)cc2)c2ccc[nH]2)N=C1. The summed E-state index contributed by atoms with van der Waals surface area (Å²) in [5.74, 6) is 0. The average Bonchev–Trinajstić information content (AvgIpc) is 3.31. The van der Waals surface area contributed by atoms with Gasteiger partial charge in [0.25, 0.3) is 0 Å². The summed E-state index contributed by atoms with van der Waals surface area (Å²) in [6, 6.07) is 23.2. The molecular formula is C21H16N2. The van der Waals surface area contributed by atoms with E-state index in [1.807, 2.05) is 36.7 Å². The highest BCUT2D eigenvalue weighted by atomic mass is 14.8. The van der Waals surface area contributed by atoms with Crippen molar-refractivity contribution in [1.29, 1.82) is 0 Å². The number of aliphatic imine (C=N–C) groups is 1. The first-order chi connectivity index (χ1) is 11.4. The average molecular weight is 296 g/mol. The van der Waals surface area contributed by atoms with E-state index < -0.39 is 0 Å². The van der Waals surface area contributed by atoms with Crippen LogP contribution in [0.25, 0.3) is 16.7 Å². The summed E-state index contributed by atoms with van der Waals surface area (Å²) >= 11 is 0. The molecule has 0 spiro atoms. The van der Waals surface area contributed by atoms with Crippen LogP contribution in [0.5, 0.6) is 0 Å². The van der Waals surface area contributed by atoms with Crippen LogP contribution in [0.2, 0.25) is 0 Å². The molecule has 0 atom stereocenters. The van der Waals surface area contributed by atoms with E-state index in [0.29, 0.717) is 0 Å². The highest BCUT2D eigenvalue weighted by Crippen LogP contribution is 2.30. The molecule has 1 aromatic heterocycles. The maximum Gasteiger partial charge on any atom is 0.0729 e. The molecule has 3 aromatic rings. The van der Waals surface area contributed by atoms with Gasteiger partial charge in [0.05, 0.1) is 5.70 Å². The molecule has 0 radical (unpaired) electrons. The largest absolute Gasteiger partial charge is 0.361 e. The van der Waals surface area contributed by atoms with Crippen molar-refractivity contribution in [3.63, 3.8) is 0 Å². The summed E-state index contributed by atoms with van der Waals surface area (Å²) in [4.78, 5) is 7.77. The van der Waals surface area contributed by atoms with Gasteiger partial charge < -0.3 is 4.98 Å². The molecular weight excluding hydrogens is 280 g/mol. The highest BCUT2D eigenvalue weighted by Gasteiger charge is 2.12. The Balaban J connectivity index is 1.78. The molecule has 2 heteroatoms. The van der Waals surface area contributed by atoms with Crippen molar-refractivity contribution in [1.82, 2.24) is 4.98 Å². The minimum Gasteiger partial charge on any atom is -0.361 e. The fourth-order valence-corrected chi connectivity index (χ4v) is 2.84. The number of allylic oxidation sites excluding steroid dienone is 2. The Hall–Kier alpha value is -3.13. The number of nitrogens with one attached hydrogen (secondary N) is 1. The molecule has 0 aliphatic carbocycles. The molecule has 1 aliphatic rings. The fourth-order valence-electron chi connectivity index (χ4n) is 2.84.